The van der Waals surface area contributed by atoms with E-state index in [1.54, 1.807) is 30.9 Å². The first kappa shape index (κ1) is 21.7. The van der Waals surface area contributed by atoms with Gasteiger partial charge in [0, 0.05) is 23.6 Å². The molecule has 0 aliphatic carbocycles. The number of rotatable bonds is 6. The normalized spacial score (nSPS) is 11.5. The quantitative estimate of drug-likeness (QED) is 0.448. The van der Waals surface area contributed by atoms with Crippen molar-refractivity contribution in [3.05, 3.63) is 83.2 Å². The Kier molecular flexibility index (Phi) is 6.34. The van der Waals surface area contributed by atoms with E-state index in [2.05, 4.69) is 0 Å². The van der Waals surface area contributed by atoms with Crippen LogP contribution in [0.1, 0.15) is 47.1 Å². The topological polar surface area (TPSA) is 25.2 Å². The second kappa shape index (κ2) is 8.78. The molecule has 3 nitrogen and oxygen atoms in total. The summed E-state index contributed by atoms with van der Waals surface area (Å²) in [6, 6.07) is 16.5. The third kappa shape index (κ3) is 4.27. The number of aromatic nitrogens is 1. The van der Waals surface area contributed by atoms with E-state index in [4.69, 9.17) is 0 Å². The van der Waals surface area contributed by atoms with Crippen molar-refractivity contribution in [3.8, 4) is 5.69 Å². The van der Waals surface area contributed by atoms with Gasteiger partial charge in [0.25, 0.3) is 5.91 Å². The minimum atomic E-state index is -4.49. The van der Waals surface area contributed by atoms with E-state index in [0.29, 0.717) is 23.5 Å². The molecule has 0 radical (unpaired) electrons. The average molecular weight is 414 g/mol. The van der Waals surface area contributed by atoms with Crippen LogP contribution in [0.3, 0.4) is 0 Å². The van der Waals surface area contributed by atoms with Gasteiger partial charge in [0.1, 0.15) is 0 Å². The number of amides is 1. The highest BCUT2D eigenvalue weighted by atomic mass is 19.4. The molecule has 0 fully saturated rings. The lowest BCUT2D eigenvalue weighted by atomic mass is 10.1. The summed E-state index contributed by atoms with van der Waals surface area (Å²) in [5.74, 6) is -0.210. The first-order chi connectivity index (χ1) is 14.3. The molecule has 1 aromatic heterocycles. The summed E-state index contributed by atoms with van der Waals surface area (Å²) >= 11 is 0. The Morgan fingerprint density at radius 1 is 1.00 bits per heavy atom. The van der Waals surface area contributed by atoms with Gasteiger partial charge in [-0.1, -0.05) is 43.7 Å². The van der Waals surface area contributed by atoms with Gasteiger partial charge < -0.3 is 9.47 Å². The molecule has 30 heavy (non-hydrogen) atoms. The van der Waals surface area contributed by atoms with Gasteiger partial charge in [-0.3, -0.25) is 4.79 Å². The first-order valence-electron chi connectivity index (χ1n) is 9.98. The maximum absolute atomic E-state index is 13.6. The molecule has 1 heterocycles. The molecular weight excluding hydrogens is 389 g/mol. The lowest BCUT2D eigenvalue weighted by Gasteiger charge is -2.23. The first-order valence-corrected chi connectivity index (χ1v) is 9.98. The summed E-state index contributed by atoms with van der Waals surface area (Å²) in [4.78, 5) is 15.1. The van der Waals surface area contributed by atoms with Crippen molar-refractivity contribution >= 4 is 11.6 Å². The van der Waals surface area contributed by atoms with Crippen molar-refractivity contribution < 1.29 is 18.0 Å². The van der Waals surface area contributed by atoms with E-state index in [0.717, 1.165) is 24.6 Å². The summed E-state index contributed by atoms with van der Waals surface area (Å²) in [5, 5.41) is 0. The Balaban J connectivity index is 2.08. The van der Waals surface area contributed by atoms with E-state index in [9.17, 15) is 18.0 Å². The number of anilines is 1. The summed E-state index contributed by atoms with van der Waals surface area (Å²) < 4.78 is 42.2. The molecule has 0 spiro atoms. The van der Waals surface area contributed by atoms with Crippen molar-refractivity contribution in [2.24, 2.45) is 0 Å². The fraction of sp³-hybridized carbons (Fsp3) is 0.292. The number of nitrogens with zero attached hydrogens (tertiary/aromatic N) is 2. The SMILES string of the molecule is CCCCN(C(=O)c1cc(C)n(-c2ccccc2C(F)(F)F)c1C)c1ccccc1. The lowest BCUT2D eigenvalue weighted by molar-refractivity contribution is -0.137. The zero-order valence-corrected chi connectivity index (χ0v) is 17.3. The molecule has 6 heteroatoms. The van der Waals surface area contributed by atoms with Crippen molar-refractivity contribution in [1.82, 2.24) is 4.57 Å². The maximum atomic E-state index is 13.6. The van der Waals surface area contributed by atoms with Gasteiger partial charge >= 0.3 is 6.18 Å². The molecule has 0 atom stereocenters. The molecule has 3 rings (SSSR count). The standard InChI is InChI=1S/C24H25F3N2O/c1-4-5-15-28(19-11-7-6-8-12-19)23(30)20-16-17(2)29(18(20)3)22-14-10-9-13-21(22)24(25,26)27/h6-14,16H,4-5,15H2,1-3H3. The molecule has 0 aliphatic heterocycles. The van der Waals surface area contributed by atoms with Gasteiger partial charge in [0.15, 0.2) is 0 Å². The van der Waals surface area contributed by atoms with Crippen LogP contribution in [0, 0.1) is 13.8 Å². The second-order valence-corrected chi connectivity index (χ2v) is 7.28. The van der Waals surface area contributed by atoms with Gasteiger partial charge in [-0.05, 0) is 50.6 Å². The summed E-state index contributed by atoms with van der Waals surface area (Å²) in [6.07, 6.45) is -2.73. The smallest absolute Gasteiger partial charge is 0.317 e. The number of carbonyl (C=O) groups excluding carboxylic acids is 1. The summed E-state index contributed by atoms with van der Waals surface area (Å²) in [5.41, 5.74) is 1.55. The molecule has 0 aliphatic rings. The highest BCUT2D eigenvalue weighted by Gasteiger charge is 2.34. The Bertz CT molecular complexity index is 1020. The molecule has 0 saturated heterocycles. The van der Waals surface area contributed by atoms with Crippen LogP contribution < -0.4 is 4.90 Å². The largest absolute Gasteiger partial charge is 0.418 e. The molecule has 158 valence electrons. The number of unbranched alkanes of at least 4 members (excludes halogenated alkanes) is 1. The number of aryl methyl sites for hydroxylation is 1. The number of alkyl halides is 3. The van der Waals surface area contributed by atoms with E-state index in [1.807, 2.05) is 37.3 Å². The number of hydrogen-bond acceptors (Lipinski definition) is 1. The number of halogens is 3. The highest BCUT2D eigenvalue weighted by Crippen LogP contribution is 2.35. The number of benzene rings is 2. The Hall–Kier alpha value is -3.02. The molecule has 2 aromatic carbocycles. The lowest BCUT2D eigenvalue weighted by Crippen LogP contribution is -2.32. The molecule has 0 saturated carbocycles. The van der Waals surface area contributed by atoms with Gasteiger partial charge in [0.2, 0.25) is 0 Å². The predicted octanol–water partition coefficient (Wildman–Crippen LogP) is 6.56. The van der Waals surface area contributed by atoms with Crippen LogP contribution in [-0.2, 0) is 6.18 Å². The Labute approximate surface area is 174 Å². The molecule has 0 bridgehead atoms. The van der Waals surface area contributed by atoms with Crippen LogP contribution in [-0.4, -0.2) is 17.0 Å². The Morgan fingerprint density at radius 2 is 1.63 bits per heavy atom. The molecular formula is C24H25F3N2O. The number of para-hydroxylation sites is 2. The van der Waals surface area contributed by atoms with Gasteiger partial charge in [-0.25, -0.2) is 0 Å². The third-order valence-corrected chi connectivity index (χ3v) is 5.16. The highest BCUT2D eigenvalue weighted by molar-refractivity contribution is 6.07. The van der Waals surface area contributed by atoms with Gasteiger partial charge in [0.05, 0.1) is 16.8 Å². The molecule has 0 unspecified atom stereocenters. The van der Waals surface area contributed by atoms with Crippen LogP contribution in [0.4, 0.5) is 18.9 Å². The van der Waals surface area contributed by atoms with Crippen molar-refractivity contribution in [2.75, 3.05) is 11.4 Å². The minimum absolute atomic E-state index is 0.0267. The van der Waals surface area contributed by atoms with E-state index >= 15 is 0 Å². The maximum Gasteiger partial charge on any atom is 0.418 e. The third-order valence-electron chi connectivity index (χ3n) is 5.16. The van der Waals surface area contributed by atoms with Crippen molar-refractivity contribution in [2.45, 2.75) is 39.8 Å². The minimum Gasteiger partial charge on any atom is -0.317 e. The van der Waals surface area contributed by atoms with Crippen LogP contribution in [0.2, 0.25) is 0 Å². The van der Waals surface area contributed by atoms with Crippen molar-refractivity contribution in [3.63, 3.8) is 0 Å². The zero-order chi connectivity index (χ0) is 21.9. The van der Waals surface area contributed by atoms with Crippen molar-refractivity contribution in [1.29, 1.82) is 0 Å². The van der Waals surface area contributed by atoms with Crippen LogP contribution >= 0.6 is 0 Å². The number of carbonyl (C=O) groups is 1. The summed E-state index contributed by atoms with van der Waals surface area (Å²) in [6.45, 7) is 6.00. The van der Waals surface area contributed by atoms with Crippen LogP contribution in [0.15, 0.2) is 60.7 Å². The second-order valence-electron chi connectivity index (χ2n) is 7.28. The monoisotopic (exact) mass is 414 g/mol. The molecule has 3 aromatic rings. The molecule has 1 amide bonds. The fourth-order valence-electron chi connectivity index (χ4n) is 3.68. The Morgan fingerprint density at radius 3 is 2.27 bits per heavy atom. The van der Waals surface area contributed by atoms with Gasteiger partial charge in [-0.15, -0.1) is 0 Å². The van der Waals surface area contributed by atoms with Crippen LogP contribution in [0.25, 0.3) is 5.69 Å². The fourth-order valence-corrected chi connectivity index (χ4v) is 3.68. The molecule has 0 N–H and O–H groups in total. The summed E-state index contributed by atoms with van der Waals surface area (Å²) in [7, 11) is 0. The number of hydrogen-bond donors (Lipinski definition) is 0. The zero-order valence-electron chi connectivity index (χ0n) is 17.3. The van der Waals surface area contributed by atoms with E-state index < -0.39 is 11.7 Å². The van der Waals surface area contributed by atoms with Crippen LogP contribution in [0.5, 0.6) is 0 Å². The van der Waals surface area contributed by atoms with E-state index in [-0.39, 0.29) is 11.6 Å². The average Bonchev–Trinajstić information content (AvgIpc) is 3.02. The van der Waals surface area contributed by atoms with Gasteiger partial charge in [-0.2, -0.15) is 13.2 Å². The predicted molar refractivity (Wildman–Crippen MR) is 113 cm³/mol. The van der Waals surface area contributed by atoms with E-state index in [1.165, 1.54) is 16.7 Å².